The third-order valence-electron chi connectivity index (χ3n) is 5.61. The third-order valence-corrected chi connectivity index (χ3v) is 5.61. The molecule has 0 fully saturated rings. The van der Waals surface area contributed by atoms with E-state index in [2.05, 4.69) is 5.32 Å². The predicted octanol–water partition coefficient (Wildman–Crippen LogP) is 5.15. The Morgan fingerprint density at radius 1 is 0.944 bits per heavy atom. The number of amides is 2. The molecule has 1 atom stereocenters. The molecular weight excluding hydrogens is 456 g/mol. The lowest BCUT2D eigenvalue weighted by molar-refractivity contribution is -0.142. The normalized spacial score (nSPS) is 12.0. The van der Waals surface area contributed by atoms with Crippen LogP contribution >= 0.6 is 0 Å². The van der Waals surface area contributed by atoms with Crippen LogP contribution in [0.5, 0.6) is 17.2 Å². The van der Waals surface area contributed by atoms with Gasteiger partial charge < -0.3 is 24.4 Å². The zero-order chi connectivity index (χ0) is 26.7. The van der Waals surface area contributed by atoms with Gasteiger partial charge in [-0.2, -0.15) is 0 Å². The molecule has 36 heavy (non-hydrogen) atoms. The molecule has 198 valence electrons. The minimum absolute atomic E-state index is 0.0828. The molecule has 0 saturated heterocycles. The van der Waals surface area contributed by atoms with Gasteiger partial charge in [-0.3, -0.25) is 9.59 Å². The molecule has 0 saturated carbocycles. The van der Waals surface area contributed by atoms with Crippen LogP contribution in [-0.2, 0) is 22.6 Å². The van der Waals surface area contributed by atoms with E-state index in [4.69, 9.17) is 14.2 Å². The molecule has 1 unspecified atom stereocenters. The Morgan fingerprint density at radius 3 is 2.25 bits per heavy atom. The summed E-state index contributed by atoms with van der Waals surface area (Å²) >= 11 is 0. The number of hydrogen-bond acceptors (Lipinski definition) is 5. The summed E-state index contributed by atoms with van der Waals surface area (Å²) < 4.78 is 16.7. The number of nitrogens with one attached hydrogen (secondary N) is 1. The van der Waals surface area contributed by atoms with Gasteiger partial charge in [0, 0.05) is 18.5 Å². The number of hydrogen-bond donors (Lipinski definition) is 1. The molecule has 0 aliphatic rings. The van der Waals surface area contributed by atoms with Crippen molar-refractivity contribution in [3.63, 3.8) is 0 Å². The van der Waals surface area contributed by atoms with Crippen LogP contribution in [-0.4, -0.2) is 48.6 Å². The van der Waals surface area contributed by atoms with Crippen LogP contribution in [0, 0.1) is 0 Å². The monoisotopic (exact) mass is 498 g/mol. The summed E-state index contributed by atoms with van der Waals surface area (Å²) in [6.07, 6.45) is 1.30. The van der Waals surface area contributed by atoms with Gasteiger partial charge >= 0.3 is 0 Å². The van der Waals surface area contributed by atoms with Gasteiger partial charge in [-0.1, -0.05) is 25.1 Å². The van der Waals surface area contributed by atoms with Gasteiger partial charge in [0.1, 0.15) is 11.8 Å². The number of carbonyl (C=O) groups is 2. The molecule has 0 aromatic heterocycles. The minimum atomic E-state index is -0.581. The van der Waals surface area contributed by atoms with E-state index in [1.165, 1.54) is 0 Å². The maximum atomic E-state index is 13.6. The zero-order valence-electron chi connectivity index (χ0n) is 22.8. The molecule has 0 aliphatic heterocycles. The van der Waals surface area contributed by atoms with Crippen molar-refractivity contribution in [2.24, 2.45) is 0 Å². The summed E-state index contributed by atoms with van der Waals surface area (Å²) in [7, 11) is 1.61. The first kappa shape index (κ1) is 29.0. The summed E-state index contributed by atoms with van der Waals surface area (Å²) in [6, 6.07) is 12.8. The van der Waals surface area contributed by atoms with Crippen LogP contribution in [0.1, 0.15) is 65.5 Å². The van der Waals surface area contributed by atoms with Crippen LogP contribution in [0.25, 0.3) is 0 Å². The van der Waals surface area contributed by atoms with Gasteiger partial charge in [0.2, 0.25) is 11.8 Å². The van der Waals surface area contributed by atoms with E-state index >= 15 is 0 Å². The van der Waals surface area contributed by atoms with E-state index in [1.807, 2.05) is 84.0 Å². The molecule has 7 heteroatoms. The molecule has 2 amide bonds. The molecule has 2 aromatic rings. The van der Waals surface area contributed by atoms with Crippen molar-refractivity contribution < 1.29 is 23.8 Å². The molecule has 0 spiro atoms. The van der Waals surface area contributed by atoms with E-state index < -0.39 is 11.6 Å². The summed E-state index contributed by atoms with van der Waals surface area (Å²) in [6.45, 7) is 13.0. The van der Waals surface area contributed by atoms with Crippen molar-refractivity contribution in [1.29, 1.82) is 0 Å². The lowest BCUT2D eigenvalue weighted by atomic mass is 10.0. The summed E-state index contributed by atoms with van der Waals surface area (Å²) in [5, 5.41) is 3.04. The largest absolute Gasteiger partial charge is 0.497 e. The SMILES string of the molecule is CCOc1ccc(CCC(=O)N(Cc2cccc(OC)c2)C(CC)C(=O)NC(C)(C)C)cc1OCC. The Kier molecular flexibility index (Phi) is 11.1. The fourth-order valence-corrected chi connectivity index (χ4v) is 3.99. The molecule has 2 rings (SSSR count). The van der Waals surface area contributed by atoms with Crippen LogP contribution in [0.3, 0.4) is 0 Å². The molecular formula is C29H42N2O5. The van der Waals surface area contributed by atoms with E-state index in [1.54, 1.807) is 12.0 Å². The molecule has 0 aliphatic carbocycles. The van der Waals surface area contributed by atoms with Gasteiger partial charge in [0.25, 0.3) is 0 Å². The standard InChI is InChI=1S/C29H42N2O5/c1-8-24(28(33)30-29(4,5)6)31(20-22-12-11-13-23(18-22)34-7)27(32)17-15-21-14-16-25(35-9-2)26(19-21)36-10-3/h11-14,16,18-19,24H,8-10,15,17,20H2,1-7H3,(H,30,33). The van der Waals surface area contributed by atoms with Gasteiger partial charge in [-0.05, 0) is 82.9 Å². The first-order valence-electron chi connectivity index (χ1n) is 12.7. The number of rotatable bonds is 13. The van der Waals surface area contributed by atoms with Crippen LogP contribution < -0.4 is 19.5 Å². The molecule has 7 nitrogen and oxygen atoms in total. The molecule has 2 aromatic carbocycles. The maximum absolute atomic E-state index is 13.6. The Balaban J connectivity index is 2.27. The van der Waals surface area contributed by atoms with Gasteiger partial charge in [0.15, 0.2) is 11.5 Å². The highest BCUT2D eigenvalue weighted by Crippen LogP contribution is 2.29. The number of carbonyl (C=O) groups excluding carboxylic acids is 2. The highest BCUT2D eigenvalue weighted by Gasteiger charge is 2.30. The fraction of sp³-hybridized carbons (Fsp3) is 0.517. The number of nitrogens with zero attached hydrogens (tertiary/aromatic N) is 1. The molecule has 1 N–H and O–H groups in total. The van der Waals surface area contributed by atoms with Crippen molar-refractivity contribution in [3.05, 3.63) is 53.6 Å². The third kappa shape index (κ3) is 8.77. The average Bonchev–Trinajstić information content (AvgIpc) is 2.83. The molecule has 0 bridgehead atoms. The van der Waals surface area contributed by atoms with Gasteiger partial charge in [0.05, 0.1) is 20.3 Å². The van der Waals surface area contributed by atoms with E-state index in [9.17, 15) is 9.59 Å². The lowest BCUT2D eigenvalue weighted by Crippen LogP contribution is -2.53. The number of methoxy groups -OCH3 is 1. The fourth-order valence-electron chi connectivity index (χ4n) is 3.99. The average molecular weight is 499 g/mol. The molecule has 0 heterocycles. The maximum Gasteiger partial charge on any atom is 0.243 e. The van der Waals surface area contributed by atoms with E-state index in [0.29, 0.717) is 49.8 Å². The summed E-state index contributed by atoms with van der Waals surface area (Å²) in [4.78, 5) is 28.5. The van der Waals surface area contributed by atoms with Crippen molar-refractivity contribution in [3.8, 4) is 17.2 Å². The Hall–Kier alpha value is -3.22. The van der Waals surface area contributed by atoms with E-state index in [0.717, 1.165) is 11.1 Å². The Bertz CT molecular complexity index is 999. The second-order valence-electron chi connectivity index (χ2n) is 9.68. The van der Waals surface area contributed by atoms with E-state index in [-0.39, 0.29) is 18.2 Å². The van der Waals surface area contributed by atoms with Crippen molar-refractivity contribution >= 4 is 11.8 Å². The lowest BCUT2D eigenvalue weighted by Gasteiger charge is -2.33. The highest BCUT2D eigenvalue weighted by molar-refractivity contribution is 5.88. The van der Waals surface area contributed by atoms with Crippen LogP contribution in [0.2, 0.25) is 0 Å². The topological polar surface area (TPSA) is 77.1 Å². The van der Waals surface area contributed by atoms with Crippen molar-refractivity contribution in [2.45, 2.75) is 78.9 Å². The second-order valence-corrected chi connectivity index (χ2v) is 9.68. The quantitative estimate of drug-likeness (QED) is 0.413. The summed E-state index contributed by atoms with van der Waals surface area (Å²) in [5.41, 5.74) is 1.49. The number of ether oxygens (including phenoxy) is 3. The number of benzene rings is 2. The molecule has 0 radical (unpaired) electrons. The number of aryl methyl sites for hydroxylation is 1. The van der Waals surface area contributed by atoms with Gasteiger partial charge in [-0.25, -0.2) is 0 Å². The van der Waals surface area contributed by atoms with Crippen LogP contribution in [0.4, 0.5) is 0 Å². The highest BCUT2D eigenvalue weighted by atomic mass is 16.5. The van der Waals surface area contributed by atoms with Crippen molar-refractivity contribution in [1.82, 2.24) is 10.2 Å². The Morgan fingerprint density at radius 2 is 1.64 bits per heavy atom. The smallest absolute Gasteiger partial charge is 0.243 e. The predicted molar refractivity (Wildman–Crippen MR) is 143 cm³/mol. The first-order chi connectivity index (χ1) is 17.1. The van der Waals surface area contributed by atoms with Crippen molar-refractivity contribution in [2.75, 3.05) is 20.3 Å². The Labute approximate surface area is 216 Å². The summed E-state index contributed by atoms with van der Waals surface area (Å²) in [5.74, 6) is 1.85. The van der Waals surface area contributed by atoms with Crippen LogP contribution in [0.15, 0.2) is 42.5 Å². The zero-order valence-corrected chi connectivity index (χ0v) is 22.8. The second kappa shape index (κ2) is 13.8. The first-order valence-corrected chi connectivity index (χ1v) is 12.7. The minimum Gasteiger partial charge on any atom is -0.497 e. The van der Waals surface area contributed by atoms with Gasteiger partial charge in [-0.15, -0.1) is 0 Å².